The summed E-state index contributed by atoms with van der Waals surface area (Å²) in [5.74, 6) is -0.772. The fourth-order valence-corrected chi connectivity index (χ4v) is 4.22. The molecule has 1 amide bonds. The molecule has 0 saturated heterocycles. The van der Waals surface area contributed by atoms with E-state index in [-0.39, 0.29) is 15.9 Å². The van der Waals surface area contributed by atoms with Crippen LogP contribution < -0.4 is 5.32 Å². The number of nitrogens with one attached hydrogen (secondary N) is 1. The maximum atomic E-state index is 14.0. The van der Waals surface area contributed by atoms with Crippen molar-refractivity contribution in [1.29, 1.82) is 0 Å². The first-order valence-corrected chi connectivity index (χ1v) is 11.3. The Morgan fingerprint density at radius 3 is 2.66 bits per heavy atom. The van der Waals surface area contributed by atoms with Crippen LogP contribution in [0, 0.1) is 18.6 Å². The molecule has 164 valence electrons. The lowest BCUT2D eigenvalue weighted by atomic mass is 10.1. The van der Waals surface area contributed by atoms with Crippen LogP contribution in [0.1, 0.15) is 11.3 Å². The lowest BCUT2D eigenvalue weighted by molar-refractivity contribution is -0.113. The quantitative estimate of drug-likeness (QED) is 0.319. The van der Waals surface area contributed by atoms with Crippen molar-refractivity contribution in [1.82, 2.24) is 14.8 Å². The number of carbonyl (C=O) groups is 1. The number of rotatable bonds is 7. The Hall–Kier alpha value is -2.98. The highest BCUT2D eigenvalue weighted by Crippen LogP contribution is 2.28. The molecule has 2 aromatic carbocycles. The molecule has 32 heavy (non-hydrogen) atoms. The zero-order chi connectivity index (χ0) is 22.7. The summed E-state index contributed by atoms with van der Waals surface area (Å²) in [4.78, 5) is 12.4. The van der Waals surface area contributed by atoms with Gasteiger partial charge in [-0.05, 0) is 41.1 Å². The van der Waals surface area contributed by atoms with Crippen molar-refractivity contribution in [3.63, 3.8) is 0 Å². The third kappa shape index (κ3) is 5.08. The number of hydrogen-bond donors (Lipinski definition) is 1. The van der Waals surface area contributed by atoms with Crippen LogP contribution in [0.5, 0.6) is 0 Å². The van der Waals surface area contributed by atoms with Gasteiger partial charge in [-0.3, -0.25) is 9.36 Å². The standard InChI is InChI=1S/C22H17BrF2N4O2S/c1-13-4-6-14(7-5-13)21-27-28-22(29(21)11-16-3-2-8-31-16)32-12-19(30)26-20-17(23)9-15(24)10-18(20)25/h2-10H,11-12H2,1H3,(H,26,30). The molecule has 4 rings (SSSR count). The van der Waals surface area contributed by atoms with E-state index in [4.69, 9.17) is 4.42 Å². The predicted octanol–water partition coefficient (Wildman–Crippen LogP) is 5.67. The summed E-state index contributed by atoms with van der Waals surface area (Å²) in [7, 11) is 0. The second-order valence-electron chi connectivity index (χ2n) is 6.92. The van der Waals surface area contributed by atoms with E-state index in [2.05, 4.69) is 31.4 Å². The Kier molecular flexibility index (Phi) is 6.71. The Bertz CT molecular complexity index is 1220. The maximum Gasteiger partial charge on any atom is 0.234 e. The molecule has 0 saturated carbocycles. The summed E-state index contributed by atoms with van der Waals surface area (Å²) in [6, 6.07) is 13.3. The minimum absolute atomic E-state index is 0.0482. The molecule has 0 bridgehead atoms. The number of nitrogens with zero attached hydrogens (tertiary/aromatic N) is 3. The summed E-state index contributed by atoms with van der Waals surface area (Å²) in [5.41, 5.74) is 1.88. The number of halogens is 3. The van der Waals surface area contributed by atoms with Gasteiger partial charge in [-0.2, -0.15) is 0 Å². The fraction of sp³-hybridized carbons (Fsp3) is 0.136. The largest absolute Gasteiger partial charge is 0.467 e. The van der Waals surface area contributed by atoms with Crippen LogP contribution in [0.4, 0.5) is 14.5 Å². The molecule has 0 aliphatic carbocycles. The van der Waals surface area contributed by atoms with Crippen LogP contribution in [0.25, 0.3) is 11.4 Å². The van der Waals surface area contributed by atoms with E-state index >= 15 is 0 Å². The van der Waals surface area contributed by atoms with E-state index in [9.17, 15) is 13.6 Å². The van der Waals surface area contributed by atoms with E-state index < -0.39 is 17.5 Å². The lowest BCUT2D eigenvalue weighted by Crippen LogP contribution is -2.16. The van der Waals surface area contributed by atoms with Crippen LogP contribution in [-0.2, 0) is 11.3 Å². The van der Waals surface area contributed by atoms with Crippen molar-refractivity contribution >= 4 is 39.3 Å². The molecule has 2 aromatic heterocycles. The Morgan fingerprint density at radius 2 is 1.97 bits per heavy atom. The van der Waals surface area contributed by atoms with Gasteiger partial charge < -0.3 is 9.73 Å². The maximum absolute atomic E-state index is 14.0. The van der Waals surface area contributed by atoms with Gasteiger partial charge in [0.25, 0.3) is 0 Å². The molecule has 1 N–H and O–H groups in total. The van der Waals surface area contributed by atoms with E-state index in [1.807, 2.05) is 41.8 Å². The molecule has 0 atom stereocenters. The van der Waals surface area contributed by atoms with Gasteiger partial charge >= 0.3 is 0 Å². The topological polar surface area (TPSA) is 73.0 Å². The summed E-state index contributed by atoms with van der Waals surface area (Å²) >= 11 is 4.22. The first-order chi connectivity index (χ1) is 15.4. The Morgan fingerprint density at radius 1 is 1.19 bits per heavy atom. The zero-order valence-electron chi connectivity index (χ0n) is 16.8. The number of hydrogen-bond acceptors (Lipinski definition) is 5. The second kappa shape index (κ2) is 9.66. The molecular formula is C22H17BrF2N4O2S. The molecule has 0 aliphatic heterocycles. The number of aryl methyl sites for hydroxylation is 1. The first-order valence-electron chi connectivity index (χ1n) is 9.50. The van der Waals surface area contributed by atoms with Crippen LogP contribution in [-0.4, -0.2) is 26.4 Å². The number of amides is 1. The molecular weight excluding hydrogens is 502 g/mol. The SMILES string of the molecule is Cc1ccc(-c2nnc(SCC(=O)Nc3c(F)cc(F)cc3Br)n2Cc2ccco2)cc1. The normalized spacial score (nSPS) is 11.0. The Labute approximate surface area is 195 Å². The molecule has 0 aliphatic rings. The van der Waals surface area contributed by atoms with Crippen LogP contribution in [0.15, 0.2) is 68.8 Å². The monoisotopic (exact) mass is 518 g/mol. The summed E-state index contributed by atoms with van der Waals surface area (Å²) in [5, 5.41) is 11.5. The van der Waals surface area contributed by atoms with Crippen molar-refractivity contribution in [2.45, 2.75) is 18.6 Å². The lowest BCUT2D eigenvalue weighted by Gasteiger charge is -2.10. The van der Waals surface area contributed by atoms with Gasteiger partial charge in [0.1, 0.15) is 11.6 Å². The number of aromatic nitrogens is 3. The minimum atomic E-state index is -0.863. The van der Waals surface area contributed by atoms with E-state index in [0.29, 0.717) is 29.4 Å². The number of furan rings is 1. The molecule has 10 heteroatoms. The van der Waals surface area contributed by atoms with Gasteiger partial charge in [-0.1, -0.05) is 41.6 Å². The molecule has 0 unspecified atom stereocenters. The third-order valence-corrected chi connectivity index (χ3v) is 6.12. The molecule has 6 nitrogen and oxygen atoms in total. The van der Waals surface area contributed by atoms with E-state index in [1.165, 1.54) is 0 Å². The van der Waals surface area contributed by atoms with Crippen LogP contribution >= 0.6 is 27.7 Å². The van der Waals surface area contributed by atoms with E-state index in [1.54, 1.807) is 12.3 Å². The summed E-state index contributed by atoms with van der Waals surface area (Å²) in [6.07, 6.45) is 1.58. The van der Waals surface area contributed by atoms with Crippen LogP contribution in [0.2, 0.25) is 0 Å². The molecule has 2 heterocycles. The van der Waals surface area contributed by atoms with Gasteiger partial charge in [-0.25, -0.2) is 8.78 Å². The van der Waals surface area contributed by atoms with Crippen LogP contribution in [0.3, 0.4) is 0 Å². The van der Waals surface area contributed by atoms with Crippen molar-refractivity contribution in [3.8, 4) is 11.4 Å². The van der Waals surface area contributed by atoms with Gasteiger partial charge in [0.05, 0.1) is 24.2 Å². The highest BCUT2D eigenvalue weighted by atomic mass is 79.9. The number of carbonyl (C=O) groups excluding carboxylic acids is 1. The fourth-order valence-electron chi connectivity index (χ4n) is 2.98. The Balaban J connectivity index is 1.54. The zero-order valence-corrected chi connectivity index (χ0v) is 19.2. The number of thioether (sulfide) groups is 1. The van der Waals surface area contributed by atoms with Gasteiger partial charge in [-0.15, -0.1) is 10.2 Å². The smallest absolute Gasteiger partial charge is 0.234 e. The molecule has 4 aromatic rings. The van der Waals surface area contributed by atoms with Gasteiger partial charge in [0, 0.05) is 16.1 Å². The van der Waals surface area contributed by atoms with Gasteiger partial charge in [0.2, 0.25) is 5.91 Å². The molecule has 0 radical (unpaired) electrons. The number of benzene rings is 2. The molecule has 0 fully saturated rings. The molecule has 0 spiro atoms. The van der Waals surface area contributed by atoms with Crippen molar-refractivity contribution in [3.05, 3.63) is 82.2 Å². The van der Waals surface area contributed by atoms with Gasteiger partial charge in [0.15, 0.2) is 16.8 Å². The third-order valence-electron chi connectivity index (χ3n) is 4.52. The van der Waals surface area contributed by atoms with Crippen molar-refractivity contribution in [2.24, 2.45) is 0 Å². The highest BCUT2D eigenvalue weighted by molar-refractivity contribution is 9.10. The highest BCUT2D eigenvalue weighted by Gasteiger charge is 2.18. The summed E-state index contributed by atoms with van der Waals surface area (Å²) < 4.78 is 34.7. The summed E-state index contributed by atoms with van der Waals surface area (Å²) in [6.45, 7) is 2.38. The number of anilines is 1. The van der Waals surface area contributed by atoms with Crippen molar-refractivity contribution < 1.29 is 18.0 Å². The average Bonchev–Trinajstić information content (AvgIpc) is 3.40. The second-order valence-corrected chi connectivity index (χ2v) is 8.72. The predicted molar refractivity (Wildman–Crippen MR) is 121 cm³/mol. The van der Waals surface area contributed by atoms with E-state index in [0.717, 1.165) is 29.0 Å². The first kappa shape index (κ1) is 22.2. The van der Waals surface area contributed by atoms with Crippen molar-refractivity contribution in [2.75, 3.05) is 11.1 Å². The minimum Gasteiger partial charge on any atom is -0.467 e. The average molecular weight is 519 g/mol.